The summed E-state index contributed by atoms with van der Waals surface area (Å²) in [4.78, 5) is 10.9. The molecule has 0 atom stereocenters. The number of carbonyl (C=O) groups is 1. The third-order valence-electron chi connectivity index (χ3n) is 1.58. The van der Waals surface area contributed by atoms with Crippen molar-refractivity contribution >= 4 is 5.97 Å². The van der Waals surface area contributed by atoms with Gasteiger partial charge in [0.1, 0.15) is 0 Å². The summed E-state index contributed by atoms with van der Waals surface area (Å²) in [5, 5.41) is 0. The van der Waals surface area contributed by atoms with E-state index >= 15 is 0 Å². The second-order valence-corrected chi connectivity index (χ2v) is 2.98. The maximum atomic E-state index is 10.9. The maximum absolute atomic E-state index is 10.9. The molecule has 0 aromatic carbocycles. The molecule has 0 rings (SSSR count). The van der Waals surface area contributed by atoms with Crippen LogP contribution in [0.1, 0.15) is 33.1 Å². The summed E-state index contributed by atoms with van der Waals surface area (Å²) in [6.07, 6.45) is 7.18. The van der Waals surface area contributed by atoms with Crippen LogP contribution in [0.4, 0.5) is 0 Å². The Labute approximate surface area is 80.3 Å². The van der Waals surface area contributed by atoms with Crippen LogP contribution in [0.3, 0.4) is 0 Å². The summed E-state index contributed by atoms with van der Waals surface area (Å²) in [5.41, 5.74) is 0.466. The van der Waals surface area contributed by atoms with Gasteiger partial charge in [0.25, 0.3) is 0 Å². The first-order valence-electron chi connectivity index (χ1n) is 4.62. The van der Waals surface area contributed by atoms with E-state index in [1.165, 1.54) is 0 Å². The highest BCUT2D eigenvalue weighted by molar-refractivity contribution is 5.86. The van der Waals surface area contributed by atoms with Crippen LogP contribution in [0.5, 0.6) is 0 Å². The Kier molecular flexibility index (Phi) is 6.98. The van der Waals surface area contributed by atoms with Gasteiger partial charge in [-0.3, -0.25) is 0 Å². The Hall–Kier alpha value is -1.05. The van der Waals surface area contributed by atoms with E-state index in [9.17, 15) is 4.79 Å². The van der Waals surface area contributed by atoms with Crippen molar-refractivity contribution in [1.29, 1.82) is 0 Å². The number of hydrogen-bond donors (Lipinski definition) is 0. The molecule has 0 amide bonds. The minimum atomic E-state index is -0.286. The SMILES string of the molecule is C=C(C)C(=O)OCCCC/C=C/C. The summed E-state index contributed by atoms with van der Waals surface area (Å²) in [7, 11) is 0. The molecule has 0 N–H and O–H groups in total. The molecule has 0 aromatic rings. The third-order valence-corrected chi connectivity index (χ3v) is 1.58. The number of rotatable bonds is 6. The molecule has 0 aromatic heterocycles. The lowest BCUT2D eigenvalue weighted by molar-refractivity contribution is -0.139. The Morgan fingerprint density at radius 3 is 2.69 bits per heavy atom. The predicted molar refractivity (Wildman–Crippen MR) is 54.4 cm³/mol. The van der Waals surface area contributed by atoms with E-state index in [1.54, 1.807) is 6.92 Å². The molecule has 0 spiro atoms. The zero-order chi connectivity index (χ0) is 10.1. The fraction of sp³-hybridized carbons (Fsp3) is 0.545. The van der Waals surface area contributed by atoms with E-state index in [0.29, 0.717) is 12.2 Å². The van der Waals surface area contributed by atoms with Crippen molar-refractivity contribution in [3.8, 4) is 0 Å². The van der Waals surface area contributed by atoms with Crippen molar-refractivity contribution in [3.05, 3.63) is 24.3 Å². The van der Waals surface area contributed by atoms with Crippen molar-refractivity contribution in [2.75, 3.05) is 6.61 Å². The fourth-order valence-corrected chi connectivity index (χ4v) is 0.819. The third kappa shape index (κ3) is 7.32. The van der Waals surface area contributed by atoms with Crippen molar-refractivity contribution in [2.45, 2.75) is 33.1 Å². The lowest BCUT2D eigenvalue weighted by Gasteiger charge is -2.02. The normalized spacial score (nSPS) is 10.3. The lowest BCUT2D eigenvalue weighted by Crippen LogP contribution is -2.05. The smallest absolute Gasteiger partial charge is 0.333 e. The molecule has 74 valence electrons. The van der Waals surface area contributed by atoms with Crippen molar-refractivity contribution in [2.24, 2.45) is 0 Å². The predicted octanol–water partition coefficient (Wildman–Crippen LogP) is 2.85. The van der Waals surface area contributed by atoms with Crippen LogP contribution in [0.2, 0.25) is 0 Å². The van der Waals surface area contributed by atoms with Gasteiger partial charge in [-0.2, -0.15) is 0 Å². The lowest BCUT2D eigenvalue weighted by atomic mass is 10.2. The van der Waals surface area contributed by atoms with Crippen LogP contribution in [0.25, 0.3) is 0 Å². The molecule has 0 radical (unpaired) electrons. The van der Waals surface area contributed by atoms with E-state index < -0.39 is 0 Å². The first-order chi connectivity index (χ1) is 6.18. The van der Waals surface area contributed by atoms with Gasteiger partial charge in [0.05, 0.1) is 6.61 Å². The van der Waals surface area contributed by atoms with Crippen LogP contribution >= 0.6 is 0 Å². The molecule has 0 saturated heterocycles. The van der Waals surface area contributed by atoms with E-state index in [1.807, 2.05) is 13.0 Å². The summed E-state index contributed by atoms with van der Waals surface area (Å²) < 4.78 is 4.92. The van der Waals surface area contributed by atoms with Gasteiger partial charge in [0, 0.05) is 5.57 Å². The maximum Gasteiger partial charge on any atom is 0.333 e. The molecule has 0 unspecified atom stereocenters. The van der Waals surface area contributed by atoms with Gasteiger partial charge in [-0.1, -0.05) is 18.7 Å². The highest BCUT2D eigenvalue weighted by Crippen LogP contribution is 1.99. The van der Waals surface area contributed by atoms with E-state index in [-0.39, 0.29) is 5.97 Å². The molecule has 13 heavy (non-hydrogen) atoms. The highest BCUT2D eigenvalue weighted by atomic mass is 16.5. The van der Waals surface area contributed by atoms with E-state index in [0.717, 1.165) is 19.3 Å². The van der Waals surface area contributed by atoms with E-state index in [2.05, 4.69) is 12.7 Å². The number of esters is 1. The van der Waals surface area contributed by atoms with Crippen LogP contribution in [-0.2, 0) is 9.53 Å². The molecular formula is C11H18O2. The number of allylic oxidation sites excluding steroid dienone is 2. The summed E-state index contributed by atoms with van der Waals surface area (Å²) in [5.74, 6) is -0.286. The standard InChI is InChI=1S/C11H18O2/c1-4-5-6-7-8-9-13-11(12)10(2)3/h4-5H,2,6-9H2,1,3H3/b5-4+. The highest BCUT2D eigenvalue weighted by Gasteiger charge is 2.00. The Morgan fingerprint density at radius 1 is 1.46 bits per heavy atom. The molecule has 0 aliphatic rings. The molecule has 0 aliphatic carbocycles. The van der Waals surface area contributed by atoms with Gasteiger partial charge in [-0.05, 0) is 33.1 Å². The topological polar surface area (TPSA) is 26.3 Å². The van der Waals surface area contributed by atoms with Crippen molar-refractivity contribution < 1.29 is 9.53 Å². The number of ether oxygens (including phenoxy) is 1. The van der Waals surface area contributed by atoms with Gasteiger partial charge in [-0.15, -0.1) is 0 Å². The molecular weight excluding hydrogens is 164 g/mol. The molecule has 0 heterocycles. The quantitative estimate of drug-likeness (QED) is 0.273. The second-order valence-electron chi connectivity index (χ2n) is 2.98. The number of unbranched alkanes of at least 4 members (excludes halogenated alkanes) is 2. The summed E-state index contributed by atoms with van der Waals surface area (Å²) in [6, 6.07) is 0. The summed E-state index contributed by atoms with van der Waals surface area (Å²) >= 11 is 0. The molecule has 0 saturated carbocycles. The minimum Gasteiger partial charge on any atom is -0.462 e. The van der Waals surface area contributed by atoms with Crippen LogP contribution in [-0.4, -0.2) is 12.6 Å². The second kappa shape index (κ2) is 7.59. The number of hydrogen-bond acceptors (Lipinski definition) is 2. The van der Waals surface area contributed by atoms with Gasteiger partial charge in [-0.25, -0.2) is 4.79 Å². The van der Waals surface area contributed by atoms with Gasteiger partial charge >= 0.3 is 5.97 Å². The first-order valence-corrected chi connectivity index (χ1v) is 4.62. The average Bonchev–Trinajstić information content (AvgIpc) is 2.10. The van der Waals surface area contributed by atoms with Crippen LogP contribution in [0.15, 0.2) is 24.3 Å². The molecule has 0 bridgehead atoms. The van der Waals surface area contributed by atoms with Crippen LogP contribution in [0, 0.1) is 0 Å². The average molecular weight is 182 g/mol. The molecule has 2 heteroatoms. The Balaban J connectivity index is 3.26. The van der Waals surface area contributed by atoms with Crippen molar-refractivity contribution in [1.82, 2.24) is 0 Å². The van der Waals surface area contributed by atoms with Gasteiger partial charge < -0.3 is 4.74 Å². The zero-order valence-electron chi connectivity index (χ0n) is 8.51. The Morgan fingerprint density at radius 2 is 2.15 bits per heavy atom. The molecule has 0 fully saturated rings. The zero-order valence-corrected chi connectivity index (χ0v) is 8.51. The molecule has 0 aliphatic heterocycles. The van der Waals surface area contributed by atoms with E-state index in [4.69, 9.17) is 4.74 Å². The van der Waals surface area contributed by atoms with Gasteiger partial charge in [0.2, 0.25) is 0 Å². The van der Waals surface area contributed by atoms with Crippen LogP contribution < -0.4 is 0 Å². The monoisotopic (exact) mass is 182 g/mol. The molecule has 2 nitrogen and oxygen atoms in total. The Bertz CT molecular complexity index is 192. The summed E-state index contributed by atoms with van der Waals surface area (Å²) in [6.45, 7) is 7.66. The fourth-order valence-electron chi connectivity index (χ4n) is 0.819. The minimum absolute atomic E-state index is 0.286. The first kappa shape index (κ1) is 11.9. The number of carbonyl (C=O) groups excluding carboxylic acids is 1. The van der Waals surface area contributed by atoms with Crippen molar-refractivity contribution in [3.63, 3.8) is 0 Å². The largest absolute Gasteiger partial charge is 0.462 e. The van der Waals surface area contributed by atoms with Gasteiger partial charge in [0.15, 0.2) is 0 Å².